The number of benzene rings is 1. The molecule has 0 saturated carbocycles. The van der Waals surface area contributed by atoms with E-state index in [1.807, 2.05) is 31.2 Å². The minimum absolute atomic E-state index is 0.0210. The highest BCUT2D eigenvalue weighted by Gasteiger charge is 2.38. The maximum Gasteiger partial charge on any atom is 0.415 e. The number of rotatable bonds is 6. The standard InChI is InChI=1S/C15H18F3N3O2/c1-3-10-4-6-11(7-5-10)14-19-13(23-20-14)9-21(2)8-12(22)15(16,17)18/h4-7,12,22H,3,8-9H2,1-2H3. The van der Waals surface area contributed by atoms with E-state index >= 15 is 0 Å². The molecule has 1 aromatic heterocycles. The molecular weight excluding hydrogens is 311 g/mol. The van der Waals surface area contributed by atoms with Gasteiger partial charge in [0.25, 0.3) is 0 Å². The highest BCUT2D eigenvalue weighted by atomic mass is 19.4. The number of aliphatic hydroxyl groups is 1. The van der Waals surface area contributed by atoms with Gasteiger partial charge in [-0.25, -0.2) is 0 Å². The van der Waals surface area contributed by atoms with E-state index in [9.17, 15) is 13.2 Å². The summed E-state index contributed by atoms with van der Waals surface area (Å²) in [6.07, 6.45) is -6.13. The van der Waals surface area contributed by atoms with Gasteiger partial charge in [0.05, 0.1) is 6.54 Å². The number of hydrogen-bond acceptors (Lipinski definition) is 5. The fourth-order valence-electron chi connectivity index (χ4n) is 2.02. The molecule has 8 heteroatoms. The van der Waals surface area contributed by atoms with Crippen LogP contribution < -0.4 is 0 Å². The molecule has 0 aliphatic rings. The van der Waals surface area contributed by atoms with E-state index in [4.69, 9.17) is 9.63 Å². The van der Waals surface area contributed by atoms with Crippen LogP contribution in [0.2, 0.25) is 0 Å². The molecule has 0 aliphatic carbocycles. The number of likely N-dealkylation sites (N-methyl/N-ethyl adjacent to an activating group) is 1. The predicted molar refractivity (Wildman–Crippen MR) is 77.5 cm³/mol. The molecule has 0 amide bonds. The first kappa shape index (κ1) is 17.4. The van der Waals surface area contributed by atoms with Crippen molar-refractivity contribution >= 4 is 0 Å². The molecule has 1 atom stereocenters. The van der Waals surface area contributed by atoms with Gasteiger partial charge in [-0.3, -0.25) is 4.90 Å². The zero-order valence-corrected chi connectivity index (χ0v) is 12.8. The number of hydrogen-bond donors (Lipinski definition) is 1. The molecule has 0 fully saturated rings. The van der Waals surface area contributed by atoms with Gasteiger partial charge in [0, 0.05) is 12.1 Å². The third-order valence-corrected chi connectivity index (χ3v) is 3.36. The Hall–Kier alpha value is -1.93. The van der Waals surface area contributed by atoms with Crippen LogP contribution in [0.25, 0.3) is 11.4 Å². The minimum atomic E-state index is -4.64. The van der Waals surface area contributed by atoms with E-state index in [1.165, 1.54) is 17.5 Å². The SMILES string of the molecule is CCc1ccc(-c2noc(CN(C)CC(O)C(F)(F)F)n2)cc1. The second kappa shape index (κ2) is 7.10. The van der Waals surface area contributed by atoms with Gasteiger partial charge < -0.3 is 9.63 Å². The van der Waals surface area contributed by atoms with Crippen molar-refractivity contribution in [1.82, 2.24) is 15.0 Å². The molecule has 1 unspecified atom stereocenters. The Kier molecular flexibility index (Phi) is 5.38. The van der Waals surface area contributed by atoms with Crippen molar-refractivity contribution in [2.45, 2.75) is 32.2 Å². The Bertz CT molecular complexity index is 626. The molecule has 2 aromatic rings. The zero-order chi connectivity index (χ0) is 17.0. The van der Waals surface area contributed by atoms with Crippen LogP contribution in [0.3, 0.4) is 0 Å². The van der Waals surface area contributed by atoms with E-state index in [-0.39, 0.29) is 12.4 Å². The summed E-state index contributed by atoms with van der Waals surface area (Å²) in [6, 6.07) is 7.64. The summed E-state index contributed by atoms with van der Waals surface area (Å²) in [7, 11) is 1.44. The second-order valence-electron chi connectivity index (χ2n) is 5.32. The minimum Gasteiger partial charge on any atom is -0.382 e. The van der Waals surface area contributed by atoms with Gasteiger partial charge in [0.2, 0.25) is 11.7 Å². The van der Waals surface area contributed by atoms with Crippen LogP contribution in [0.1, 0.15) is 18.4 Å². The molecule has 0 aliphatic heterocycles. The number of halogens is 3. The third kappa shape index (κ3) is 4.77. The summed E-state index contributed by atoms with van der Waals surface area (Å²) in [5.74, 6) is 0.573. The highest BCUT2D eigenvalue weighted by molar-refractivity contribution is 5.54. The maximum atomic E-state index is 12.3. The summed E-state index contributed by atoms with van der Waals surface area (Å²) in [5.41, 5.74) is 1.95. The van der Waals surface area contributed by atoms with Crippen molar-refractivity contribution in [3.05, 3.63) is 35.7 Å². The molecule has 0 radical (unpaired) electrons. The molecule has 23 heavy (non-hydrogen) atoms. The molecule has 2 rings (SSSR count). The van der Waals surface area contributed by atoms with Gasteiger partial charge in [-0.1, -0.05) is 36.3 Å². The number of aliphatic hydroxyl groups excluding tert-OH is 1. The lowest BCUT2D eigenvalue weighted by atomic mass is 10.1. The average Bonchev–Trinajstić information content (AvgIpc) is 2.94. The summed E-state index contributed by atoms with van der Waals surface area (Å²) in [5, 5.41) is 12.9. The molecule has 0 spiro atoms. The maximum absolute atomic E-state index is 12.3. The number of aryl methyl sites for hydroxylation is 1. The first-order valence-corrected chi connectivity index (χ1v) is 7.14. The predicted octanol–water partition coefficient (Wildman–Crippen LogP) is 2.65. The van der Waals surface area contributed by atoms with Gasteiger partial charge >= 0.3 is 6.18 Å². The van der Waals surface area contributed by atoms with Crippen LogP contribution in [-0.4, -0.2) is 46.0 Å². The normalized spacial score (nSPS) is 13.5. The smallest absolute Gasteiger partial charge is 0.382 e. The summed E-state index contributed by atoms with van der Waals surface area (Å²) >= 11 is 0. The van der Waals surface area contributed by atoms with Crippen LogP contribution >= 0.6 is 0 Å². The van der Waals surface area contributed by atoms with E-state index in [2.05, 4.69) is 10.1 Å². The Labute approximate surface area is 131 Å². The second-order valence-corrected chi connectivity index (χ2v) is 5.32. The molecule has 0 bridgehead atoms. The lowest BCUT2D eigenvalue weighted by Gasteiger charge is -2.20. The van der Waals surface area contributed by atoms with Crippen LogP contribution in [-0.2, 0) is 13.0 Å². The zero-order valence-electron chi connectivity index (χ0n) is 12.8. The quantitative estimate of drug-likeness (QED) is 0.883. The van der Waals surface area contributed by atoms with Gasteiger partial charge in [0.1, 0.15) is 0 Å². The van der Waals surface area contributed by atoms with Crippen molar-refractivity contribution in [3.63, 3.8) is 0 Å². The number of alkyl halides is 3. The van der Waals surface area contributed by atoms with Crippen molar-refractivity contribution in [1.29, 1.82) is 0 Å². The highest BCUT2D eigenvalue weighted by Crippen LogP contribution is 2.21. The summed E-state index contributed by atoms with van der Waals surface area (Å²) in [6.45, 7) is 1.51. The number of aromatic nitrogens is 2. The fourth-order valence-corrected chi connectivity index (χ4v) is 2.02. The van der Waals surface area contributed by atoms with Gasteiger partial charge in [0.15, 0.2) is 6.10 Å². The third-order valence-electron chi connectivity index (χ3n) is 3.36. The fraction of sp³-hybridized carbons (Fsp3) is 0.467. The van der Waals surface area contributed by atoms with Gasteiger partial charge in [-0.15, -0.1) is 0 Å². The molecular formula is C15H18F3N3O2. The van der Waals surface area contributed by atoms with Crippen molar-refractivity contribution < 1.29 is 22.8 Å². The van der Waals surface area contributed by atoms with Crippen molar-refractivity contribution in [3.8, 4) is 11.4 Å². The van der Waals surface area contributed by atoms with E-state index in [0.717, 1.165) is 12.0 Å². The molecule has 126 valence electrons. The lowest BCUT2D eigenvalue weighted by molar-refractivity contribution is -0.207. The first-order chi connectivity index (χ1) is 10.8. The largest absolute Gasteiger partial charge is 0.415 e. The number of nitrogens with zero attached hydrogens (tertiary/aromatic N) is 3. The van der Waals surface area contributed by atoms with E-state index in [1.54, 1.807) is 0 Å². The topological polar surface area (TPSA) is 62.4 Å². The van der Waals surface area contributed by atoms with E-state index in [0.29, 0.717) is 5.82 Å². The van der Waals surface area contributed by atoms with Crippen molar-refractivity contribution in [2.75, 3.05) is 13.6 Å². The molecule has 5 nitrogen and oxygen atoms in total. The Balaban J connectivity index is 1.98. The summed E-state index contributed by atoms with van der Waals surface area (Å²) in [4.78, 5) is 5.44. The van der Waals surface area contributed by atoms with Crippen LogP contribution in [0.15, 0.2) is 28.8 Å². The molecule has 1 N–H and O–H groups in total. The Morgan fingerprint density at radius 2 is 1.91 bits per heavy atom. The summed E-state index contributed by atoms with van der Waals surface area (Å²) < 4.78 is 42.0. The average molecular weight is 329 g/mol. The monoisotopic (exact) mass is 329 g/mol. The first-order valence-electron chi connectivity index (χ1n) is 7.14. The van der Waals surface area contributed by atoms with Crippen molar-refractivity contribution in [2.24, 2.45) is 0 Å². The van der Waals surface area contributed by atoms with Crippen LogP contribution in [0, 0.1) is 0 Å². The lowest BCUT2D eigenvalue weighted by Crippen LogP contribution is -2.39. The van der Waals surface area contributed by atoms with Crippen LogP contribution in [0.4, 0.5) is 13.2 Å². The van der Waals surface area contributed by atoms with Crippen LogP contribution in [0.5, 0.6) is 0 Å². The van der Waals surface area contributed by atoms with E-state index < -0.39 is 18.8 Å². The molecule has 1 aromatic carbocycles. The Morgan fingerprint density at radius 1 is 1.26 bits per heavy atom. The van der Waals surface area contributed by atoms with Gasteiger partial charge in [-0.05, 0) is 19.0 Å². The molecule has 0 saturated heterocycles. The molecule has 1 heterocycles. The Morgan fingerprint density at radius 3 is 2.48 bits per heavy atom. The van der Waals surface area contributed by atoms with Gasteiger partial charge in [-0.2, -0.15) is 18.2 Å².